The minimum atomic E-state index is -1.88. The summed E-state index contributed by atoms with van der Waals surface area (Å²) in [6, 6.07) is 0. The summed E-state index contributed by atoms with van der Waals surface area (Å²) in [4.78, 5) is 5.15. The van der Waals surface area contributed by atoms with Gasteiger partial charge in [0, 0.05) is 5.41 Å². The smallest absolute Gasteiger partial charge is 0.184 e. The zero-order chi connectivity index (χ0) is 29.1. The summed E-state index contributed by atoms with van der Waals surface area (Å²) in [7, 11) is -3.75. The van der Waals surface area contributed by atoms with E-state index in [2.05, 4.69) is 84.0 Å². The average molecular weight is 594 g/mol. The van der Waals surface area contributed by atoms with Crippen molar-refractivity contribution >= 4 is 30.7 Å². The van der Waals surface area contributed by atoms with Crippen molar-refractivity contribution in [1.82, 2.24) is 0 Å². The maximum absolute atomic E-state index is 7.52. The summed E-state index contributed by atoms with van der Waals surface area (Å²) in [5.74, 6) is 2.18. The second-order valence-corrected chi connectivity index (χ2v) is 29.9. The molecule has 4 aliphatic carbocycles. The molecule has 0 aromatic rings. The zero-order valence-corrected chi connectivity index (χ0v) is 30.3. The third kappa shape index (κ3) is 6.26. The normalized spacial score (nSPS) is 39.0. The van der Waals surface area contributed by atoms with Gasteiger partial charge in [-0.3, -0.25) is 0 Å². The number of hydrogen-bond acceptors (Lipinski definition) is 5. The van der Waals surface area contributed by atoms with Gasteiger partial charge in [0.1, 0.15) is 7.11 Å². The minimum absolute atomic E-state index is 0.00583. The maximum atomic E-state index is 7.52. The Morgan fingerprint density at radius 3 is 2.10 bits per heavy atom. The van der Waals surface area contributed by atoms with E-state index >= 15 is 0 Å². The van der Waals surface area contributed by atoms with E-state index in [1.165, 1.54) is 38.5 Å². The molecule has 0 aliphatic heterocycles. The average Bonchev–Trinajstić information content (AvgIpc) is 3.07. The van der Waals surface area contributed by atoms with Gasteiger partial charge in [-0.2, -0.15) is 0 Å². The molecule has 0 saturated heterocycles. The zero-order valence-electron chi connectivity index (χ0n) is 27.3. The minimum Gasteiger partial charge on any atom is -0.415 e. The van der Waals surface area contributed by atoms with E-state index in [4.69, 9.17) is 18.1 Å². The van der Waals surface area contributed by atoms with Gasteiger partial charge in [-0.1, -0.05) is 24.6 Å². The molecule has 4 aliphatic rings. The van der Waals surface area contributed by atoms with Crippen LogP contribution in [0.4, 0.5) is 0 Å². The summed E-state index contributed by atoms with van der Waals surface area (Å²) in [6.45, 7) is 26.9. The summed E-state index contributed by atoms with van der Waals surface area (Å²) < 4.78 is 21.4. The molecule has 4 rings (SSSR count). The Kier molecular flexibility index (Phi) is 8.76. The van der Waals surface area contributed by atoms with Crippen LogP contribution in [0.2, 0.25) is 58.9 Å². The van der Waals surface area contributed by atoms with E-state index in [9.17, 15) is 0 Å². The van der Waals surface area contributed by atoms with Crippen molar-refractivity contribution < 1.29 is 18.1 Å². The quantitative estimate of drug-likeness (QED) is 0.198. The van der Waals surface area contributed by atoms with Crippen molar-refractivity contribution in [3.63, 3.8) is 0 Å². The Morgan fingerprint density at radius 2 is 1.51 bits per heavy atom. The van der Waals surface area contributed by atoms with E-state index in [0.717, 1.165) is 30.4 Å². The van der Waals surface area contributed by atoms with Gasteiger partial charge in [-0.05, 0) is 140 Å². The highest BCUT2D eigenvalue weighted by Crippen LogP contribution is 2.69. The van der Waals surface area contributed by atoms with Crippen molar-refractivity contribution in [2.75, 3.05) is 13.7 Å². The fraction of sp³-hybridized carbons (Fsp3) is 0.903. The molecule has 0 radical (unpaired) electrons. The Labute approximate surface area is 243 Å². The first-order valence-electron chi connectivity index (χ1n) is 15.7. The standard InChI is InChI=1S/C31H59NO4Si3/c1-29-18-15-24(32-33-3)21-23(29)13-14-25-26(29)16-19-30(2)27(25)17-20-31(30,36-39(10,11)12)28(35-38(7,8)9)22-34-37(4,5)6/h21,25-28H,13-20,22H2,1-12H3/b32-24+/t25?,26?,27?,28-,29-,30-,31-/m0/s1. The lowest BCUT2D eigenvalue weighted by atomic mass is 9.46. The molecule has 224 valence electrons. The van der Waals surface area contributed by atoms with Crippen molar-refractivity contribution in [3.05, 3.63) is 11.6 Å². The Balaban J connectivity index is 1.72. The van der Waals surface area contributed by atoms with Gasteiger partial charge in [0.2, 0.25) is 0 Å². The summed E-state index contributed by atoms with van der Waals surface area (Å²) >= 11 is 0. The molecule has 3 fully saturated rings. The molecule has 39 heavy (non-hydrogen) atoms. The van der Waals surface area contributed by atoms with Crippen LogP contribution in [0.5, 0.6) is 0 Å². The number of nitrogens with zero attached hydrogens (tertiary/aromatic N) is 1. The lowest BCUT2D eigenvalue weighted by Gasteiger charge is -2.62. The largest absolute Gasteiger partial charge is 0.415 e. The van der Waals surface area contributed by atoms with E-state index in [1.807, 2.05) is 0 Å². The topological polar surface area (TPSA) is 49.3 Å². The number of fused-ring (bicyclic) bond motifs is 5. The van der Waals surface area contributed by atoms with Gasteiger partial charge in [-0.25, -0.2) is 0 Å². The van der Waals surface area contributed by atoms with Crippen molar-refractivity contribution in [2.45, 2.75) is 136 Å². The number of hydrogen-bond donors (Lipinski definition) is 0. The van der Waals surface area contributed by atoms with Crippen LogP contribution in [0.25, 0.3) is 0 Å². The van der Waals surface area contributed by atoms with Crippen molar-refractivity contribution in [2.24, 2.45) is 33.7 Å². The van der Waals surface area contributed by atoms with E-state index in [-0.39, 0.29) is 22.5 Å². The molecule has 0 heterocycles. The van der Waals surface area contributed by atoms with E-state index in [1.54, 1.807) is 12.7 Å². The van der Waals surface area contributed by atoms with E-state index in [0.29, 0.717) is 12.5 Å². The van der Waals surface area contributed by atoms with Crippen LogP contribution >= 0.6 is 0 Å². The molecule has 0 aromatic carbocycles. The highest BCUT2D eigenvalue weighted by atomic mass is 28.4. The number of rotatable bonds is 9. The van der Waals surface area contributed by atoms with Crippen LogP contribution in [-0.2, 0) is 18.1 Å². The second kappa shape index (κ2) is 10.8. The molecule has 3 unspecified atom stereocenters. The first-order chi connectivity index (χ1) is 17.8. The van der Waals surface area contributed by atoms with Crippen LogP contribution in [0.15, 0.2) is 16.8 Å². The monoisotopic (exact) mass is 593 g/mol. The molecule has 3 saturated carbocycles. The van der Waals surface area contributed by atoms with Crippen LogP contribution in [-0.4, -0.2) is 56.1 Å². The molecule has 0 bridgehead atoms. The first kappa shape index (κ1) is 31.7. The molecule has 7 atom stereocenters. The van der Waals surface area contributed by atoms with Gasteiger partial charge in [0.15, 0.2) is 25.0 Å². The predicted molar refractivity (Wildman–Crippen MR) is 171 cm³/mol. The molecule has 0 aromatic heterocycles. The molecule has 8 heteroatoms. The van der Waals surface area contributed by atoms with E-state index < -0.39 is 25.0 Å². The molecular formula is C31H59NO4Si3. The maximum Gasteiger partial charge on any atom is 0.184 e. The Morgan fingerprint density at radius 1 is 0.846 bits per heavy atom. The molecule has 0 amide bonds. The number of oxime groups is 1. The fourth-order valence-electron chi connectivity index (χ4n) is 9.12. The van der Waals surface area contributed by atoms with Gasteiger partial charge in [0.05, 0.1) is 24.0 Å². The highest BCUT2D eigenvalue weighted by Gasteiger charge is 2.68. The van der Waals surface area contributed by atoms with Crippen LogP contribution in [0.1, 0.15) is 65.2 Å². The molecular weight excluding hydrogens is 535 g/mol. The molecule has 5 nitrogen and oxygen atoms in total. The third-order valence-electron chi connectivity index (χ3n) is 10.5. The van der Waals surface area contributed by atoms with Gasteiger partial charge in [0.25, 0.3) is 0 Å². The van der Waals surface area contributed by atoms with Gasteiger partial charge in [-0.15, -0.1) is 0 Å². The SMILES string of the molecule is CO/N=C1/C=C2CCC3C(CC[C@@]4(C)C3CC[C@]4(O[Si](C)(C)C)[C@H](CO[Si](C)(C)C)O[Si](C)(C)C)[C@@]2(C)CC1. The lowest BCUT2D eigenvalue weighted by Crippen LogP contribution is -2.65. The van der Waals surface area contributed by atoms with Crippen LogP contribution in [0.3, 0.4) is 0 Å². The van der Waals surface area contributed by atoms with Crippen LogP contribution in [0, 0.1) is 28.6 Å². The van der Waals surface area contributed by atoms with Gasteiger partial charge < -0.3 is 18.1 Å². The molecule has 0 N–H and O–H groups in total. The highest BCUT2D eigenvalue weighted by molar-refractivity contribution is 6.70. The third-order valence-corrected chi connectivity index (χ3v) is 13.5. The Hall–Kier alpha value is -0.259. The summed E-state index contributed by atoms with van der Waals surface area (Å²) in [5.41, 5.74) is 2.88. The predicted octanol–water partition coefficient (Wildman–Crippen LogP) is 8.61. The van der Waals surface area contributed by atoms with Crippen LogP contribution < -0.4 is 0 Å². The van der Waals surface area contributed by atoms with Crippen molar-refractivity contribution in [1.29, 1.82) is 0 Å². The summed E-state index contributed by atoms with van der Waals surface area (Å²) in [5, 5.41) is 4.32. The lowest BCUT2D eigenvalue weighted by molar-refractivity contribution is -0.167. The second-order valence-electron chi connectivity index (χ2n) is 16.5. The van der Waals surface area contributed by atoms with Gasteiger partial charge >= 0.3 is 0 Å². The molecule has 0 spiro atoms. The fourth-order valence-corrected chi connectivity index (χ4v) is 12.4. The number of allylic oxidation sites excluding steroid dienone is 2. The first-order valence-corrected chi connectivity index (χ1v) is 25.9. The summed E-state index contributed by atoms with van der Waals surface area (Å²) in [6.07, 6.45) is 12.0. The Bertz CT molecular complexity index is 964. The van der Waals surface area contributed by atoms with Crippen molar-refractivity contribution in [3.8, 4) is 0 Å².